The van der Waals surface area contributed by atoms with Gasteiger partial charge in [0, 0.05) is 17.6 Å². The van der Waals surface area contributed by atoms with Crippen molar-refractivity contribution in [1.82, 2.24) is 5.32 Å². The lowest BCUT2D eigenvalue weighted by Crippen LogP contribution is -2.41. The molecule has 0 amide bonds. The molecular formula is C14H18ClNO2. The molecule has 0 saturated heterocycles. The third-order valence-electron chi connectivity index (χ3n) is 3.56. The van der Waals surface area contributed by atoms with Crippen molar-refractivity contribution in [1.29, 1.82) is 0 Å². The Morgan fingerprint density at radius 1 is 1.28 bits per heavy atom. The first-order valence-corrected chi connectivity index (χ1v) is 6.75. The molecule has 0 aliphatic heterocycles. The third kappa shape index (κ3) is 3.47. The van der Waals surface area contributed by atoms with Gasteiger partial charge in [0.05, 0.1) is 5.92 Å². The average molecular weight is 268 g/mol. The maximum atomic E-state index is 11.2. The van der Waals surface area contributed by atoms with Crippen LogP contribution in [0.3, 0.4) is 0 Å². The zero-order chi connectivity index (χ0) is 13.0. The zero-order valence-electron chi connectivity index (χ0n) is 10.2. The number of benzene rings is 1. The second kappa shape index (κ2) is 6.21. The molecule has 2 atom stereocenters. The van der Waals surface area contributed by atoms with Crippen LogP contribution in [0.4, 0.5) is 0 Å². The largest absolute Gasteiger partial charge is 0.481 e. The first-order valence-electron chi connectivity index (χ1n) is 6.37. The van der Waals surface area contributed by atoms with Gasteiger partial charge in [-0.3, -0.25) is 4.79 Å². The fraction of sp³-hybridized carbons (Fsp3) is 0.500. The van der Waals surface area contributed by atoms with Gasteiger partial charge in [0.15, 0.2) is 0 Å². The molecule has 2 rings (SSSR count). The van der Waals surface area contributed by atoms with Crippen molar-refractivity contribution in [3.8, 4) is 0 Å². The molecule has 1 aromatic rings. The highest BCUT2D eigenvalue weighted by atomic mass is 35.5. The van der Waals surface area contributed by atoms with Crippen molar-refractivity contribution in [2.75, 3.05) is 0 Å². The first-order chi connectivity index (χ1) is 8.66. The van der Waals surface area contributed by atoms with Crippen LogP contribution in [0.15, 0.2) is 24.3 Å². The van der Waals surface area contributed by atoms with Gasteiger partial charge in [-0.15, -0.1) is 0 Å². The number of rotatable bonds is 4. The summed E-state index contributed by atoms with van der Waals surface area (Å²) in [5.74, 6) is -0.922. The number of carbonyl (C=O) groups is 1. The molecular weight excluding hydrogens is 250 g/mol. The van der Waals surface area contributed by atoms with Gasteiger partial charge in [-0.25, -0.2) is 0 Å². The molecule has 4 heteroatoms. The number of carboxylic acids is 1. The Kier molecular flexibility index (Phi) is 4.61. The molecule has 98 valence electrons. The summed E-state index contributed by atoms with van der Waals surface area (Å²) in [6.07, 6.45) is 3.87. The summed E-state index contributed by atoms with van der Waals surface area (Å²) in [6, 6.07) is 7.73. The Bertz CT molecular complexity index is 405. The molecule has 2 N–H and O–H groups in total. The van der Waals surface area contributed by atoms with Crippen molar-refractivity contribution < 1.29 is 9.90 Å². The fourth-order valence-corrected chi connectivity index (χ4v) is 2.65. The molecule has 1 aliphatic carbocycles. The second-order valence-electron chi connectivity index (χ2n) is 4.84. The summed E-state index contributed by atoms with van der Waals surface area (Å²) in [5, 5.41) is 13.3. The Hall–Kier alpha value is -1.06. The average Bonchev–Trinajstić information content (AvgIpc) is 2.38. The van der Waals surface area contributed by atoms with E-state index in [1.165, 1.54) is 0 Å². The van der Waals surface area contributed by atoms with Crippen LogP contribution in [-0.4, -0.2) is 17.1 Å². The van der Waals surface area contributed by atoms with Crippen molar-refractivity contribution in [2.45, 2.75) is 38.3 Å². The maximum absolute atomic E-state index is 11.2. The minimum Gasteiger partial charge on any atom is -0.481 e. The van der Waals surface area contributed by atoms with Crippen molar-refractivity contribution >= 4 is 17.6 Å². The fourth-order valence-electron chi connectivity index (χ4n) is 2.52. The van der Waals surface area contributed by atoms with Crippen LogP contribution in [0.1, 0.15) is 31.2 Å². The van der Waals surface area contributed by atoms with Crippen LogP contribution in [0.25, 0.3) is 0 Å². The molecule has 18 heavy (non-hydrogen) atoms. The SMILES string of the molecule is O=C(O)[C@H]1CCCC[C@@H]1NCc1ccc(Cl)cc1. The number of halogens is 1. The monoisotopic (exact) mass is 267 g/mol. The Labute approximate surface area is 112 Å². The quantitative estimate of drug-likeness (QED) is 0.881. The van der Waals surface area contributed by atoms with E-state index in [2.05, 4.69) is 5.32 Å². The Morgan fingerprint density at radius 3 is 2.61 bits per heavy atom. The first kappa shape index (κ1) is 13.4. The molecule has 1 fully saturated rings. The highest BCUT2D eigenvalue weighted by Gasteiger charge is 2.30. The topological polar surface area (TPSA) is 49.3 Å². The smallest absolute Gasteiger partial charge is 0.308 e. The van der Waals surface area contributed by atoms with Crippen molar-refractivity contribution in [3.05, 3.63) is 34.9 Å². The van der Waals surface area contributed by atoms with Crippen LogP contribution >= 0.6 is 11.6 Å². The molecule has 0 radical (unpaired) electrons. The molecule has 1 aromatic carbocycles. The number of carboxylic acid groups (broad SMARTS) is 1. The summed E-state index contributed by atoms with van der Waals surface area (Å²) in [5.41, 5.74) is 1.13. The summed E-state index contributed by atoms with van der Waals surface area (Å²) >= 11 is 5.83. The molecule has 0 aromatic heterocycles. The van der Waals surface area contributed by atoms with E-state index < -0.39 is 5.97 Å². The third-order valence-corrected chi connectivity index (χ3v) is 3.82. The lowest BCUT2D eigenvalue weighted by atomic mass is 9.84. The standard InChI is InChI=1S/C14H18ClNO2/c15-11-7-5-10(6-8-11)9-16-13-4-2-1-3-12(13)14(17)18/h5-8,12-13,16H,1-4,9H2,(H,17,18)/t12-,13-/m0/s1. The van der Waals surface area contributed by atoms with E-state index in [-0.39, 0.29) is 12.0 Å². The predicted octanol–water partition coefficient (Wildman–Crippen LogP) is 3.07. The van der Waals surface area contributed by atoms with Crippen LogP contribution in [0.5, 0.6) is 0 Å². The normalized spacial score (nSPS) is 23.8. The van der Waals surface area contributed by atoms with Crippen molar-refractivity contribution in [2.24, 2.45) is 5.92 Å². The van der Waals surface area contributed by atoms with Crippen LogP contribution in [-0.2, 0) is 11.3 Å². The summed E-state index contributed by atoms with van der Waals surface area (Å²) in [4.78, 5) is 11.2. The lowest BCUT2D eigenvalue weighted by Gasteiger charge is -2.29. The summed E-state index contributed by atoms with van der Waals surface area (Å²) < 4.78 is 0. The molecule has 0 bridgehead atoms. The van der Waals surface area contributed by atoms with Crippen molar-refractivity contribution in [3.63, 3.8) is 0 Å². The minimum absolute atomic E-state index is 0.0897. The van der Waals surface area contributed by atoms with E-state index in [0.29, 0.717) is 6.54 Å². The van der Waals surface area contributed by atoms with Crippen LogP contribution in [0.2, 0.25) is 5.02 Å². The number of aliphatic carboxylic acids is 1. The van der Waals surface area contributed by atoms with Gasteiger partial charge in [-0.1, -0.05) is 36.6 Å². The molecule has 1 aliphatic rings. The number of hydrogen-bond donors (Lipinski definition) is 2. The minimum atomic E-state index is -0.677. The maximum Gasteiger partial charge on any atom is 0.308 e. The van der Waals surface area contributed by atoms with E-state index in [1.807, 2.05) is 24.3 Å². The molecule has 0 spiro atoms. The number of hydrogen-bond acceptors (Lipinski definition) is 2. The molecule has 3 nitrogen and oxygen atoms in total. The predicted molar refractivity (Wildman–Crippen MR) is 71.7 cm³/mol. The number of nitrogens with one attached hydrogen (secondary N) is 1. The highest BCUT2D eigenvalue weighted by molar-refractivity contribution is 6.30. The highest BCUT2D eigenvalue weighted by Crippen LogP contribution is 2.25. The van der Waals surface area contributed by atoms with E-state index in [9.17, 15) is 9.90 Å². The zero-order valence-corrected chi connectivity index (χ0v) is 11.0. The van der Waals surface area contributed by atoms with Gasteiger partial charge < -0.3 is 10.4 Å². The molecule has 0 unspecified atom stereocenters. The Morgan fingerprint density at radius 2 is 1.94 bits per heavy atom. The molecule has 0 heterocycles. The van der Waals surface area contributed by atoms with Gasteiger partial charge in [0.25, 0.3) is 0 Å². The van der Waals surface area contributed by atoms with E-state index in [1.54, 1.807) is 0 Å². The van der Waals surface area contributed by atoms with Gasteiger partial charge in [0.1, 0.15) is 0 Å². The summed E-state index contributed by atoms with van der Waals surface area (Å²) in [6.45, 7) is 0.700. The van der Waals surface area contributed by atoms with E-state index in [0.717, 1.165) is 36.3 Å². The van der Waals surface area contributed by atoms with Gasteiger partial charge in [-0.05, 0) is 30.5 Å². The Balaban J connectivity index is 1.91. The van der Waals surface area contributed by atoms with Crippen LogP contribution in [0, 0.1) is 5.92 Å². The van der Waals surface area contributed by atoms with E-state index >= 15 is 0 Å². The molecule has 1 saturated carbocycles. The van der Waals surface area contributed by atoms with Gasteiger partial charge in [0.2, 0.25) is 0 Å². The van der Waals surface area contributed by atoms with Gasteiger partial charge >= 0.3 is 5.97 Å². The second-order valence-corrected chi connectivity index (χ2v) is 5.28. The lowest BCUT2D eigenvalue weighted by molar-refractivity contribution is -0.143. The van der Waals surface area contributed by atoms with Crippen LogP contribution < -0.4 is 5.32 Å². The summed E-state index contributed by atoms with van der Waals surface area (Å²) in [7, 11) is 0. The van der Waals surface area contributed by atoms with E-state index in [4.69, 9.17) is 11.6 Å². The van der Waals surface area contributed by atoms with Gasteiger partial charge in [-0.2, -0.15) is 0 Å².